The second-order valence-electron chi connectivity index (χ2n) is 4.42. The van der Waals surface area contributed by atoms with Gasteiger partial charge in [0.15, 0.2) is 0 Å². The molecule has 2 N–H and O–H groups in total. The smallest absolute Gasteiger partial charge is 0.326 e. The normalized spacial score (nSPS) is 12.3. The predicted molar refractivity (Wildman–Crippen MR) is 75.7 cm³/mol. The van der Waals surface area contributed by atoms with E-state index in [1.165, 1.54) is 11.3 Å². The summed E-state index contributed by atoms with van der Waals surface area (Å²) in [5, 5.41) is 14.1. The van der Waals surface area contributed by atoms with Crippen molar-refractivity contribution in [2.75, 3.05) is 0 Å². The quantitative estimate of drug-likeness (QED) is 0.903. The first-order chi connectivity index (χ1) is 9.02. The molecule has 0 radical (unpaired) electrons. The molecule has 100 valence electrons. The fourth-order valence-electron chi connectivity index (χ4n) is 1.89. The van der Waals surface area contributed by atoms with Gasteiger partial charge in [0, 0.05) is 15.5 Å². The van der Waals surface area contributed by atoms with Crippen LogP contribution in [0.4, 0.5) is 0 Å². The molecule has 5 heteroatoms. The fourth-order valence-corrected chi connectivity index (χ4v) is 2.92. The van der Waals surface area contributed by atoms with Crippen molar-refractivity contribution in [1.29, 1.82) is 0 Å². The van der Waals surface area contributed by atoms with Gasteiger partial charge < -0.3 is 10.4 Å². The van der Waals surface area contributed by atoms with Crippen molar-refractivity contribution in [2.24, 2.45) is 0 Å². The molecule has 0 fully saturated rings. The molecule has 0 saturated carbocycles. The third kappa shape index (κ3) is 2.76. The van der Waals surface area contributed by atoms with E-state index in [0.29, 0.717) is 12.0 Å². The molecule has 1 aromatic heterocycles. The highest BCUT2D eigenvalue weighted by atomic mass is 32.1. The number of rotatable bonds is 4. The number of carbonyl (C=O) groups is 2. The topological polar surface area (TPSA) is 66.4 Å². The standard InChI is InChI=1S/C14H15NO3S/c1-3-11(14(17)18)15-13(16)10-7-19-12-6-8(2)4-5-9(10)12/h4-7,11H,3H2,1-2H3,(H,15,16)(H,17,18). The molecule has 2 rings (SSSR count). The summed E-state index contributed by atoms with van der Waals surface area (Å²) < 4.78 is 1.04. The van der Waals surface area contributed by atoms with Gasteiger partial charge in [-0.1, -0.05) is 19.1 Å². The van der Waals surface area contributed by atoms with Gasteiger partial charge in [-0.05, 0) is 25.0 Å². The van der Waals surface area contributed by atoms with Crippen molar-refractivity contribution in [2.45, 2.75) is 26.3 Å². The first-order valence-electron chi connectivity index (χ1n) is 6.04. The summed E-state index contributed by atoms with van der Waals surface area (Å²) in [7, 11) is 0. The summed E-state index contributed by atoms with van der Waals surface area (Å²) in [5.41, 5.74) is 1.68. The molecule has 2 aromatic rings. The van der Waals surface area contributed by atoms with Crippen LogP contribution >= 0.6 is 11.3 Å². The van der Waals surface area contributed by atoms with Crippen LogP contribution in [0.3, 0.4) is 0 Å². The Balaban J connectivity index is 2.29. The van der Waals surface area contributed by atoms with Crippen LogP contribution in [0.25, 0.3) is 10.1 Å². The van der Waals surface area contributed by atoms with Gasteiger partial charge in [-0.3, -0.25) is 4.79 Å². The van der Waals surface area contributed by atoms with E-state index in [0.717, 1.165) is 15.6 Å². The molecule has 19 heavy (non-hydrogen) atoms. The maximum Gasteiger partial charge on any atom is 0.326 e. The second-order valence-corrected chi connectivity index (χ2v) is 5.33. The lowest BCUT2D eigenvalue weighted by molar-refractivity contribution is -0.139. The Morgan fingerprint density at radius 2 is 2.16 bits per heavy atom. The fraction of sp³-hybridized carbons (Fsp3) is 0.286. The third-order valence-corrected chi connectivity index (χ3v) is 3.93. The van der Waals surface area contributed by atoms with Crippen LogP contribution in [0.2, 0.25) is 0 Å². The van der Waals surface area contributed by atoms with E-state index in [4.69, 9.17) is 5.11 Å². The van der Waals surface area contributed by atoms with E-state index >= 15 is 0 Å². The molecule has 1 amide bonds. The van der Waals surface area contributed by atoms with Crippen molar-refractivity contribution in [3.8, 4) is 0 Å². The van der Waals surface area contributed by atoms with E-state index in [9.17, 15) is 9.59 Å². The number of carbonyl (C=O) groups excluding carboxylic acids is 1. The van der Waals surface area contributed by atoms with Gasteiger partial charge >= 0.3 is 5.97 Å². The lowest BCUT2D eigenvalue weighted by atomic mass is 10.1. The molecular formula is C14H15NO3S. The SMILES string of the molecule is CCC(NC(=O)c1csc2cc(C)ccc12)C(=O)O. The van der Waals surface area contributed by atoms with Gasteiger partial charge in [0.05, 0.1) is 5.56 Å². The summed E-state index contributed by atoms with van der Waals surface area (Å²) in [6.45, 7) is 3.73. The summed E-state index contributed by atoms with van der Waals surface area (Å²) in [6.07, 6.45) is 0.363. The van der Waals surface area contributed by atoms with Crippen molar-refractivity contribution >= 4 is 33.3 Å². The van der Waals surface area contributed by atoms with Gasteiger partial charge in [0.2, 0.25) is 0 Å². The number of aryl methyl sites for hydroxylation is 1. The van der Waals surface area contributed by atoms with Crippen LogP contribution in [0.15, 0.2) is 23.6 Å². The number of hydrogen-bond donors (Lipinski definition) is 2. The molecule has 0 spiro atoms. The molecule has 4 nitrogen and oxygen atoms in total. The minimum absolute atomic E-state index is 0.329. The van der Waals surface area contributed by atoms with Crippen LogP contribution in [0.5, 0.6) is 0 Å². The number of amides is 1. The Hall–Kier alpha value is -1.88. The van der Waals surface area contributed by atoms with E-state index < -0.39 is 12.0 Å². The van der Waals surface area contributed by atoms with E-state index in [-0.39, 0.29) is 5.91 Å². The third-order valence-electron chi connectivity index (χ3n) is 2.99. The van der Waals surface area contributed by atoms with Crippen LogP contribution < -0.4 is 5.32 Å². The maximum absolute atomic E-state index is 12.1. The summed E-state index contributed by atoms with van der Waals surface area (Å²) in [4.78, 5) is 23.0. The van der Waals surface area contributed by atoms with Crippen molar-refractivity contribution in [3.05, 3.63) is 34.7 Å². The zero-order chi connectivity index (χ0) is 14.0. The molecule has 1 aromatic carbocycles. The van der Waals surface area contributed by atoms with E-state index in [1.807, 2.05) is 25.1 Å². The first kappa shape index (κ1) is 13.5. The zero-order valence-electron chi connectivity index (χ0n) is 10.8. The Kier molecular flexibility index (Phi) is 3.85. The van der Waals surface area contributed by atoms with Gasteiger partial charge in [-0.15, -0.1) is 11.3 Å². The number of hydrogen-bond acceptors (Lipinski definition) is 3. The largest absolute Gasteiger partial charge is 0.480 e. The zero-order valence-corrected chi connectivity index (χ0v) is 11.6. The molecule has 1 heterocycles. The molecular weight excluding hydrogens is 262 g/mol. The molecule has 0 aliphatic heterocycles. The molecule has 1 atom stereocenters. The highest BCUT2D eigenvalue weighted by molar-refractivity contribution is 7.17. The maximum atomic E-state index is 12.1. The lowest BCUT2D eigenvalue weighted by Crippen LogP contribution is -2.40. The van der Waals surface area contributed by atoms with Gasteiger partial charge in [-0.2, -0.15) is 0 Å². The molecule has 0 aliphatic carbocycles. The number of carboxylic acids is 1. The van der Waals surface area contributed by atoms with Crippen molar-refractivity contribution in [3.63, 3.8) is 0 Å². The van der Waals surface area contributed by atoms with Gasteiger partial charge in [0.1, 0.15) is 6.04 Å². The second kappa shape index (κ2) is 5.40. The number of benzene rings is 1. The Bertz CT molecular complexity index is 633. The average molecular weight is 277 g/mol. The summed E-state index contributed by atoms with van der Waals surface area (Å²) in [6, 6.07) is 5.02. The monoisotopic (exact) mass is 277 g/mol. The molecule has 0 bridgehead atoms. The Labute approximate surface area is 115 Å². The Morgan fingerprint density at radius 1 is 1.42 bits per heavy atom. The minimum atomic E-state index is -1.01. The molecule has 0 aliphatic rings. The summed E-state index contributed by atoms with van der Waals surface area (Å²) in [5.74, 6) is -1.34. The van der Waals surface area contributed by atoms with E-state index in [1.54, 1.807) is 12.3 Å². The van der Waals surface area contributed by atoms with Crippen LogP contribution in [-0.2, 0) is 4.79 Å². The van der Waals surface area contributed by atoms with Crippen molar-refractivity contribution in [1.82, 2.24) is 5.32 Å². The van der Waals surface area contributed by atoms with Crippen LogP contribution in [0, 0.1) is 6.92 Å². The number of thiophene rings is 1. The lowest BCUT2D eigenvalue weighted by Gasteiger charge is -2.11. The Morgan fingerprint density at radius 3 is 2.79 bits per heavy atom. The van der Waals surface area contributed by atoms with E-state index in [2.05, 4.69) is 5.32 Å². The van der Waals surface area contributed by atoms with Gasteiger partial charge in [-0.25, -0.2) is 4.79 Å². The average Bonchev–Trinajstić information content (AvgIpc) is 2.78. The predicted octanol–water partition coefficient (Wildman–Crippen LogP) is 2.80. The van der Waals surface area contributed by atoms with Crippen LogP contribution in [0.1, 0.15) is 29.3 Å². The minimum Gasteiger partial charge on any atom is -0.480 e. The van der Waals surface area contributed by atoms with Gasteiger partial charge in [0.25, 0.3) is 5.91 Å². The highest BCUT2D eigenvalue weighted by Crippen LogP contribution is 2.26. The first-order valence-corrected chi connectivity index (χ1v) is 6.92. The number of carboxylic acid groups (broad SMARTS) is 1. The van der Waals surface area contributed by atoms with Crippen molar-refractivity contribution < 1.29 is 14.7 Å². The summed E-state index contributed by atoms with van der Waals surface area (Å²) >= 11 is 1.49. The van der Waals surface area contributed by atoms with Crippen LogP contribution in [-0.4, -0.2) is 23.0 Å². The highest BCUT2D eigenvalue weighted by Gasteiger charge is 2.20. The number of fused-ring (bicyclic) bond motifs is 1. The number of nitrogens with one attached hydrogen (secondary N) is 1. The molecule has 1 unspecified atom stereocenters. The number of aliphatic carboxylic acids is 1. The molecule has 0 saturated heterocycles.